The first-order valence-corrected chi connectivity index (χ1v) is 11.9. The van der Waals surface area contributed by atoms with Crippen LogP contribution in [0, 0.1) is 22.7 Å². The monoisotopic (exact) mass is 444 g/mol. The standard InChI is InChI=1S/C19H19F3N2O3S2/c1-29(26,27)23-10-5-6-24(8-10)19(25)12-7-11(12)16-13(9-28-18(16)22)17-14(20)3-2-4-15(17)21/h2-4,9-12,23H,5-8H2,1H3/t10-,11+,12+/m0/s1. The van der Waals surface area contributed by atoms with Gasteiger partial charge in [-0.3, -0.25) is 4.79 Å². The van der Waals surface area contributed by atoms with Crippen LogP contribution in [0.25, 0.3) is 11.1 Å². The first-order chi connectivity index (χ1) is 13.7. The van der Waals surface area contributed by atoms with Crippen LogP contribution in [0.15, 0.2) is 23.6 Å². The molecule has 0 radical (unpaired) electrons. The highest BCUT2D eigenvalue weighted by molar-refractivity contribution is 7.88. The van der Waals surface area contributed by atoms with Gasteiger partial charge in [-0.2, -0.15) is 4.39 Å². The minimum Gasteiger partial charge on any atom is -0.341 e. The Bertz CT molecular complexity index is 1050. The highest BCUT2D eigenvalue weighted by atomic mass is 32.2. The van der Waals surface area contributed by atoms with Crippen molar-refractivity contribution < 1.29 is 26.4 Å². The molecule has 3 atom stereocenters. The van der Waals surface area contributed by atoms with Crippen LogP contribution >= 0.6 is 11.3 Å². The molecule has 1 N–H and O–H groups in total. The van der Waals surface area contributed by atoms with Gasteiger partial charge in [0.05, 0.1) is 11.8 Å². The van der Waals surface area contributed by atoms with Gasteiger partial charge in [0.25, 0.3) is 0 Å². The van der Waals surface area contributed by atoms with Crippen LogP contribution in [0.3, 0.4) is 0 Å². The summed E-state index contributed by atoms with van der Waals surface area (Å²) in [5, 5.41) is 0.842. The molecule has 1 aromatic heterocycles. The third-order valence-corrected chi connectivity index (χ3v) is 6.92. The second kappa shape index (κ2) is 7.41. The molecule has 1 saturated carbocycles. The summed E-state index contributed by atoms with van der Waals surface area (Å²) in [5.74, 6) is -2.64. The third kappa shape index (κ3) is 4.06. The van der Waals surface area contributed by atoms with Crippen LogP contribution in [0.4, 0.5) is 13.2 Å². The number of nitrogens with one attached hydrogen (secondary N) is 1. The van der Waals surface area contributed by atoms with Gasteiger partial charge >= 0.3 is 0 Å². The average Bonchev–Trinajstić information content (AvgIpc) is 3.11. The molecule has 2 aliphatic rings. The van der Waals surface area contributed by atoms with Crippen LogP contribution < -0.4 is 4.72 Å². The number of carbonyl (C=O) groups excluding carboxylic acids is 1. The molecule has 0 bridgehead atoms. The van der Waals surface area contributed by atoms with E-state index in [9.17, 15) is 26.4 Å². The topological polar surface area (TPSA) is 66.5 Å². The summed E-state index contributed by atoms with van der Waals surface area (Å²) < 4.78 is 68.1. The van der Waals surface area contributed by atoms with Crippen molar-refractivity contribution in [1.82, 2.24) is 9.62 Å². The van der Waals surface area contributed by atoms with Gasteiger partial charge in [-0.15, -0.1) is 11.3 Å². The van der Waals surface area contributed by atoms with E-state index in [-0.39, 0.29) is 35.2 Å². The molecule has 1 aliphatic heterocycles. The Balaban J connectivity index is 1.52. The molecule has 10 heteroatoms. The minimum atomic E-state index is -3.36. The SMILES string of the molecule is CS(=O)(=O)N[C@H]1CCN(C(=O)[C@@H]2C[C@H]2c2c(-c3c(F)cccc3F)csc2F)C1. The molecule has 0 unspecified atom stereocenters. The van der Waals surface area contributed by atoms with Gasteiger partial charge in [-0.25, -0.2) is 21.9 Å². The maximum atomic E-state index is 14.5. The molecule has 0 spiro atoms. The van der Waals surface area contributed by atoms with Crippen molar-refractivity contribution in [2.45, 2.75) is 24.8 Å². The van der Waals surface area contributed by atoms with Crippen molar-refractivity contribution in [3.05, 3.63) is 45.9 Å². The summed E-state index contributed by atoms with van der Waals surface area (Å²) in [7, 11) is -3.36. The molecule has 1 aromatic carbocycles. The number of sulfonamides is 1. The Hall–Kier alpha value is -1.91. The van der Waals surface area contributed by atoms with Crippen molar-refractivity contribution in [3.8, 4) is 11.1 Å². The molecule has 2 aromatic rings. The fourth-order valence-electron chi connectivity index (χ4n) is 4.02. The Labute approximate surface area is 170 Å². The number of thiophene rings is 1. The van der Waals surface area contributed by atoms with E-state index in [1.807, 2.05) is 0 Å². The van der Waals surface area contributed by atoms with Crippen molar-refractivity contribution in [3.63, 3.8) is 0 Å². The molecule has 29 heavy (non-hydrogen) atoms. The molecule has 2 heterocycles. The van der Waals surface area contributed by atoms with Crippen molar-refractivity contribution in [2.24, 2.45) is 5.92 Å². The lowest BCUT2D eigenvalue weighted by Gasteiger charge is -2.17. The van der Waals surface area contributed by atoms with E-state index in [0.717, 1.165) is 29.7 Å². The van der Waals surface area contributed by atoms with Gasteiger partial charge in [-0.1, -0.05) is 6.07 Å². The predicted molar refractivity (Wildman–Crippen MR) is 103 cm³/mol. The van der Waals surface area contributed by atoms with Gasteiger partial charge in [0.1, 0.15) is 11.6 Å². The summed E-state index contributed by atoms with van der Waals surface area (Å²) >= 11 is 0.763. The Morgan fingerprint density at radius 2 is 1.93 bits per heavy atom. The average molecular weight is 445 g/mol. The zero-order chi connectivity index (χ0) is 20.9. The van der Waals surface area contributed by atoms with E-state index in [1.54, 1.807) is 4.90 Å². The molecule has 156 valence electrons. The summed E-state index contributed by atoms with van der Waals surface area (Å²) in [5.41, 5.74) is 0.0585. The minimum absolute atomic E-state index is 0.154. The number of likely N-dealkylation sites (tertiary alicyclic amines) is 1. The molecular formula is C19H19F3N2O3S2. The molecule has 4 rings (SSSR count). The maximum absolute atomic E-state index is 14.5. The Kier molecular flexibility index (Phi) is 5.20. The third-order valence-electron chi connectivity index (χ3n) is 5.37. The predicted octanol–water partition coefficient (Wildman–Crippen LogP) is 3.09. The first-order valence-electron chi connectivity index (χ1n) is 9.13. The number of halogens is 3. The van der Waals surface area contributed by atoms with Crippen LogP contribution in [0.5, 0.6) is 0 Å². The smallest absolute Gasteiger partial charge is 0.226 e. The van der Waals surface area contributed by atoms with Crippen LogP contribution in [-0.4, -0.2) is 44.6 Å². The lowest BCUT2D eigenvalue weighted by Crippen LogP contribution is -2.38. The van der Waals surface area contributed by atoms with E-state index >= 15 is 0 Å². The van der Waals surface area contributed by atoms with E-state index in [2.05, 4.69) is 4.72 Å². The van der Waals surface area contributed by atoms with Gasteiger partial charge in [-0.05, 0) is 25.0 Å². The van der Waals surface area contributed by atoms with Crippen LogP contribution in [0.1, 0.15) is 24.3 Å². The van der Waals surface area contributed by atoms with Crippen molar-refractivity contribution in [2.75, 3.05) is 19.3 Å². The molecular weight excluding hydrogens is 425 g/mol. The second-order valence-corrected chi connectivity index (χ2v) is 10.2. The van der Waals surface area contributed by atoms with E-state index < -0.39 is 38.6 Å². The molecule has 1 aliphatic carbocycles. The number of benzene rings is 1. The molecule has 5 nitrogen and oxygen atoms in total. The zero-order valence-corrected chi connectivity index (χ0v) is 17.1. The van der Waals surface area contributed by atoms with Gasteiger partial charge in [0.15, 0.2) is 5.13 Å². The van der Waals surface area contributed by atoms with Crippen LogP contribution in [0.2, 0.25) is 0 Å². The zero-order valence-electron chi connectivity index (χ0n) is 15.5. The summed E-state index contributed by atoms with van der Waals surface area (Å²) in [6.07, 6.45) is 1.97. The van der Waals surface area contributed by atoms with Gasteiger partial charge < -0.3 is 4.90 Å². The summed E-state index contributed by atoms with van der Waals surface area (Å²) in [6, 6.07) is 3.14. The highest BCUT2D eigenvalue weighted by Crippen LogP contribution is 2.54. The lowest BCUT2D eigenvalue weighted by molar-refractivity contribution is -0.131. The number of nitrogens with zero attached hydrogens (tertiary/aromatic N) is 1. The van der Waals surface area contributed by atoms with Crippen LogP contribution in [-0.2, 0) is 14.8 Å². The van der Waals surface area contributed by atoms with Gasteiger partial charge in [0.2, 0.25) is 15.9 Å². The van der Waals surface area contributed by atoms with E-state index in [4.69, 9.17) is 0 Å². The maximum Gasteiger partial charge on any atom is 0.226 e. The summed E-state index contributed by atoms with van der Waals surface area (Å²) in [6.45, 7) is 0.673. The van der Waals surface area contributed by atoms with E-state index in [1.165, 1.54) is 11.4 Å². The fraction of sp³-hybridized carbons (Fsp3) is 0.421. The highest BCUT2D eigenvalue weighted by Gasteiger charge is 2.49. The Morgan fingerprint density at radius 3 is 2.59 bits per heavy atom. The van der Waals surface area contributed by atoms with Gasteiger partial charge in [0, 0.05) is 47.5 Å². The quantitative estimate of drug-likeness (QED) is 0.771. The Morgan fingerprint density at radius 1 is 1.24 bits per heavy atom. The largest absolute Gasteiger partial charge is 0.341 e. The number of hydrogen-bond donors (Lipinski definition) is 1. The normalized spacial score (nSPS) is 24.1. The first kappa shape index (κ1) is 20.4. The molecule has 1 amide bonds. The molecule has 1 saturated heterocycles. The molecule has 2 fully saturated rings. The summed E-state index contributed by atoms with van der Waals surface area (Å²) in [4.78, 5) is 14.4. The number of amides is 1. The van der Waals surface area contributed by atoms with Crippen molar-refractivity contribution >= 4 is 27.3 Å². The number of hydrogen-bond acceptors (Lipinski definition) is 4. The van der Waals surface area contributed by atoms with E-state index in [0.29, 0.717) is 19.4 Å². The second-order valence-electron chi connectivity index (χ2n) is 7.54. The number of rotatable bonds is 5. The number of carbonyl (C=O) groups is 1. The lowest BCUT2D eigenvalue weighted by atomic mass is 9.99. The van der Waals surface area contributed by atoms with Crippen molar-refractivity contribution in [1.29, 1.82) is 0 Å². The fourth-order valence-corrected chi connectivity index (χ4v) is 5.67.